The predicted octanol–water partition coefficient (Wildman–Crippen LogP) is 3.92. The standard InChI is InChI=1S/C19H16O3/c1-11-14-5-3-4-6-15(14)19(18(11)12(2)20)13-7-8-16-17(9-13)22-10-21-16/h3-9,19H,10H2,1-2H3. The molecule has 0 amide bonds. The first-order valence-electron chi connectivity index (χ1n) is 7.37. The van der Waals surface area contributed by atoms with Crippen LogP contribution in [0.4, 0.5) is 0 Å². The lowest BCUT2D eigenvalue weighted by atomic mass is 9.86. The van der Waals surface area contributed by atoms with Crippen molar-refractivity contribution >= 4 is 11.4 Å². The van der Waals surface area contributed by atoms with Gasteiger partial charge in [-0.05, 0) is 48.2 Å². The van der Waals surface area contributed by atoms with Crippen LogP contribution in [0.2, 0.25) is 0 Å². The first-order valence-corrected chi connectivity index (χ1v) is 7.37. The molecule has 4 rings (SSSR count). The summed E-state index contributed by atoms with van der Waals surface area (Å²) in [5, 5.41) is 0. The predicted molar refractivity (Wildman–Crippen MR) is 84.1 cm³/mol. The van der Waals surface area contributed by atoms with Crippen molar-refractivity contribution in [3.05, 3.63) is 64.7 Å². The van der Waals surface area contributed by atoms with Gasteiger partial charge in [0.05, 0.1) is 0 Å². The summed E-state index contributed by atoms with van der Waals surface area (Å²) in [6.07, 6.45) is 0. The lowest BCUT2D eigenvalue weighted by Crippen LogP contribution is -2.07. The van der Waals surface area contributed by atoms with E-state index in [1.54, 1.807) is 6.92 Å². The van der Waals surface area contributed by atoms with Crippen LogP contribution in [0, 0.1) is 0 Å². The zero-order valence-corrected chi connectivity index (χ0v) is 12.6. The highest BCUT2D eigenvalue weighted by Crippen LogP contribution is 2.47. The molecule has 110 valence electrons. The monoisotopic (exact) mass is 292 g/mol. The number of hydrogen-bond acceptors (Lipinski definition) is 3. The fourth-order valence-electron chi connectivity index (χ4n) is 3.51. The van der Waals surface area contributed by atoms with E-state index in [4.69, 9.17) is 9.47 Å². The van der Waals surface area contributed by atoms with E-state index in [0.29, 0.717) is 0 Å². The smallest absolute Gasteiger partial charge is 0.231 e. The maximum atomic E-state index is 12.2. The quantitative estimate of drug-likeness (QED) is 0.841. The van der Waals surface area contributed by atoms with E-state index in [2.05, 4.69) is 12.1 Å². The lowest BCUT2D eigenvalue weighted by molar-refractivity contribution is -0.113. The van der Waals surface area contributed by atoms with Crippen molar-refractivity contribution < 1.29 is 14.3 Å². The largest absolute Gasteiger partial charge is 0.454 e. The molecule has 2 aliphatic rings. The molecular formula is C19H16O3. The first-order chi connectivity index (χ1) is 10.7. The molecule has 1 aliphatic carbocycles. The van der Waals surface area contributed by atoms with Crippen LogP contribution < -0.4 is 9.47 Å². The molecule has 3 heteroatoms. The average molecular weight is 292 g/mol. The van der Waals surface area contributed by atoms with Gasteiger partial charge < -0.3 is 9.47 Å². The van der Waals surface area contributed by atoms with Gasteiger partial charge in [0.25, 0.3) is 0 Å². The van der Waals surface area contributed by atoms with Gasteiger partial charge in [-0.3, -0.25) is 4.79 Å². The van der Waals surface area contributed by atoms with Crippen LogP contribution in [-0.4, -0.2) is 12.6 Å². The molecule has 1 aliphatic heterocycles. The molecule has 2 aromatic carbocycles. The van der Waals surface area contributed by atoms with E-state index in [-0.39, 0.29) is 18.5 Å². The van der Waals surface area contributed by atoms with Crippen LogP contribution in [-0.2, 0) is 4.79 Å². The molecule has 0 radical (unpaired) electrons. The Morgan fingerprint density at radius 1 is 1.09 bits per heavy atom. The molecule has 1 heterocycles. The van der Waals surface area contributed by atoms with Gasteiger partial charge in [-0.25, -0.2) is 0 Å². The Labute approximate surface area is 129 Å². The summed E-state index contributed by atoms with van der Waals surface area (Å²) >= 11 is 0. The maximum Gasteiger partial charge on any atom is 0.231 e. The van der Waals surface area contributed by atoms with Gasteiger partial charge in [0.2, 0.25) is 6.79 Å². The minimum absolute atomic E-state index is 0.0248. The molecule has 0 fully saturated rings. The SMILES string of the molecule is CC(=O)C1=C(C)c2ccccc2C1c1ccc2c(c1)OCO2. The summed E-state index contributed by atoms with van der Waals surface area (Å²) in [6.45, 7) is 3.93. The number of carbonyl (C=O) groups excluding carboxylic acids is 1. The lowest BCUT2D eigenvalue weighted by Gasteiger charge is -2.16. The molecule has 3 nitrogen and oxygen atoms in total. The Morgan fingerprint density at radius 2 is 1.86 bits per heavy atom. The van der Waals surface area contributed by atoms with E-state index in [9.17, 15) is 4.79 Å². The molecule has 22 heavy (non-hydrogen) atoms. The number of allylic oxidation sites excluding steroid dienone is 2. The molecule has 0 spiro atoms. The van der Waals surface area contributed by atoms with Crippen LogP contribution >= 0.6 is 0 Å². The van der Waals surface area contributed by atoms with Gasteiger partial charge in [0.1, 0.15) is 0 Å². The molecule has 2 aromatic rings. The summed E-state index contributed by atoms with van der Waals surface area (Å²) in [7, 11) is 0. The van der Waals surface area contributed by atoms with Crippen LogP contribution in [0.25, 0.3) is 5.57 Å². The minimum Gasteiger partial charge on any atom is -0.454 e. The maximum absolute atomic E-state index is 12.2. The highest BCUT2D eigenvalue weighted by molar-refractivity contribution is 6.06. The van der Waals surface area contributed by atoms with Gasteiger partial charge in [-0.1, -0.05) is 30.3 Å². The molecule has 1 atom stereocenters. The van der Waals surface area contributed by atoms with E-state index >= 15 is 0 Å². The van der Waals surface area contributed by atoms with Crippen LogP contribution in [0.1, 0.15) is 36.5 Å². The topological polar surface area (TPSA) is 35.5 Å². The van der Waals surface area contributed by atoms with Crippen molar-refractivity contribution in [1.29, 1.82) is 0 Å². The second kappa shape index (κ2) is 4.73. The van der Waals surface area contributed by atoms with Crippen molar-refractivity contribution in [2.24, 2.45) is 0 Å². The van der Waals surface area contributed by atoms with Crippen LogP contribution in [0.15, 0.2) is 48.0 Å². The van der Waals surface area contributed by atoms with Crippen molar-refractivity contribution in [2.45, 2.75) is 19.8 Å². The number of benzene rings is 2. The third-order valence-corrected chi connectivity index (χ3v) is 4.48. The summed E-state index contributed by atoms with van der Waals surface area (Å²) in [6, 6.07) is 14.2. The number of hydrogen-bond donors (Lipinski definition) is 0. The average Bonchev–Trinajstić information content (AvgIpc) is 3.09. The highest BCUT2D eigenvalue weighted by Gasteiger charge is 2.33. The third-order valence-electron chi connectivity index (χ3n) is 4.48. The van der Waals surface area contributed by atoms with Gasteiger partial charge in [0.15, 0.2) is 17.3 Å². The van der Waals surface area contributed by atoms with Gasteiger partial charge in [-0.15, -0.1) is 0 Å². The van der Waals surface area contributed by atoms with Crippen LogP contribution in [0.3, 0.4) is 0 Å². The zero-order valence-electron chi connectivity index (χ0n) is 12.6. The van der Waals surface area contributed by atoms with Crippen molar-refractivity contribution in [3.8, 4) is 11.5 Å². The highest BCUT2D eigenvalue weighted by atomic mass is 16.7. The summed E-state index contributed by atoms with van der Waals surface area (Å²) in [5.41, 5.74) is 5.36. The second-order valence-corrected chi connectivity index (χ2v) is 5.73. The molecule has 0 bridgehead atoms. The minimum atomic E-state index is -0.0248. The van der Waals surface area contributed by atoms with Crippen molar-refractivity contribution in [2.75, 3.05) is 6.79 Å². The Hall–Kier alpha value is -2.55. The fraction of sp³-hybridized carbons (Fsp3) is 0.211. The number of ether oxygens (including phenoxy) is 2. The molecule has 0 N–H and O–H groups in total. The van der Waals surface area contributed by atoms with E-state index in [1.165, 1.54) is 5.56 Å². The van der Waals surface area contributed by atoms with E-state index in [0.717, 1.165) is 33.8 Å². The first kappa shape index (κ1) is 13.1. The van der Waals surface area contributed by atoms with Gasteiger partial charge in [-0.2, -0.15) is 0 Å². The molecule has 0 saturated carbocycles. The van der Waals surface area contributed by atoms with E-state index < -0.39 is 0 Å². The zero-order chi connectivity index (χ0) is 15.3. The molecule has 0 saturated heterocycles. The Bertz CT molecular complexity index is 817. The number of Topliss-reactive ketones (excluding diaryl/α,β-unsaturated/α-hetero) is 1. The third kappa shape index (κ3) is 1.78. The second-order valence-electron chi connectivity index (χ2n) is 5.73. The summed E-state index contributed by atoms with van der Waals surface area (Å²) in [4.78, 5) is 12.2. The van der Waals surface area contributed by atoms with Gasteiger partial charge >= 0.3 is 0 Å². The van der Waals surface area contributed by atoms with E-state index in [1.807, 2.05) is 37.3 Å². The number of carbonyl (C=O) groups is 1. The number of rotatable bonds is 2. The Morgan fingerprint density at radius 3 is 2.68 bits per heavy atom. The normalized spacial score (nSPS) is 18.5. The summed E-state index contributed by atoms with van der Waals surface area (Å²) < 4.78 is 10.9. The summed E-state index contributed by atoms with van der Waals surface area (Å²) in [5.74, 6) is 1.61. The van der Waals surface area contributed by atoms with Crippen molar-refractivity contribution in [1.82, 2.24) is 0 Å². The Balaban J connectivity index is 1.91. The molecule has 0 aromatic heterocycles. The molecular weight excluding hydrogens is 276 g/mol. The van der Waals surface area contributed by atoms with Crippen LogP contribution in [0.5, 0.6) is 11.5 Å². The van der Waals surface area contributed by atoms with Crippen molar-refractivity contribution in [3.63, 3.8) is 0 Å². The number of fused-ring (bicyclic) bond motifs is 2. The van der Waals surface area contributed by atoms with Gasteiger partial charge in [0, 0.05) is 11.5 Å². The number of ketones is 1. The Kier molecular flexibility index (Phi) is 2.83. The fourth-order valence-corrected chi connectivity index (χ4v) is 3.51. The molecule has 1 unspecified atom stereocenters.